The number of hydrogen-bond donors (Lipinski definition) is 2. The molecule has 2 rings (SSSR count). The fraction of sp³-hybridized carbons (Fsp3) is 0.611. The standard InChI is InChI=1S/C18H28N2O/c1-3-9-18(10-12-19-13-11-18)17(21)20-15(2)14-16-7-5-4-6-8-16/h4-8,15,19H,3,9-14H2,1-2H3,(H,20,21). The first-order valence-electron chi connectivity index (χ1n) is 8.22. The fourth-order valence-corrected chi connectivity index (χ4v) is 3.37. The van der Waals surface area contributed by atoms with Gasteiger partial charge in [-0.3, -0.25) is 4.79 Å². The van der Waals surface area contributed by atoms with E-state index in [2.05, 4.69) is 48.7 Å². The van der Waals surface area contributed by atoms with Crippen molar-refractivity contribution in [3.05, 3.63) is 35.9 Å². The molecule has 0 bridgehead atoms. The van der Waals surface area contributed by atoms with Gasteiger partial charge < -0.3 is 10.6 Å². The van der Waals surface area contributed by atoms with Crippen molar-refractivity contribution in [2.75, 3.05) is 13.1 Å². The van der Waals surface area contributed by atoms with Crippen molar-refractivity contribution >= 4 is 5.91 Å². The summed E-state index contributed by atoms with van der Waals surface area (Å²) in [6.07, 6.45) is 4.89. The Hall–Kier alpha value is -1.35. The zero-order valence-corrected chi connectivity index (χ0v) is 13.3. The summed E-state index contributed by atoms with van der Waals surface area (Å²) in [5.41, 5.74) is 1.13. The molecule has 3 heteroatoms. The molecule has 3 nitrogen and oxygen atoms in total. The number of carbonyl (C=O) groups excluding carboxylic acids is 1. The predicted molar refractivity (Wildman–Crippen MR) is 87.2 cm³/mol. The van der Waals surface area contributed by atoms with Crippen molar-refractivity contribution in [3.63, 3.8) is 0 Å². The molecule has 1 amide bonds. The molecule has 1 aliphatic rings. The van der Waals surface area contributed by atoms with Gasteiger partial charge in [0.05, 0.1) is 5.41 Å². The summed E-state index contributed by atoms with van der Waals surface area (Å²) in [5, 5.41) is 6.62. The van der Waals surface area contributed by atoms with E-state index in [1.54, 1.807) is 0 Å². The number of amides is 1. The van der Waals surface area contributed by atoms with Crippen molar-refractivity contribution in [1.82, 2.24) is 10.6 Å². The summed E-state index contributed by atoms with van der Waals surface area (Å²) in [6.45, 7) is 6.19. The van der Waals surface area contributed by atoms with Gasteiger partial charge in [0.25, 0.3) is 0 Å². The Balaban J connectivity index is 1.94. The minimum atomic E-state index is -0.148. The van der Waals surface area contributed by atoms with E-state index < -0.39 is 0 Å². The van der Waals surface area contributed by atoms with Crippen LogP contribution in [-0.4, -0.2) is 25.0 Å². The van der Waals surface area contributed by atoms with Gasteiger partial charge in [0, 0.05) is 6.04 Å². The second kappa shape index (κ2) is 7.60. The third-order valence-electron chi connectivity index (χ3n) is 4.53. The third-order valence-corrected chi connectivity index (χ3v) is 4.53. The van der Waals surface area contributed by atoms with Crippen molar-refractivity contribution in [2.24, 2.45) is 5.41 Å². The number of carbonyl (C=O) groups is 1. The minimum Gasteiger partial charge on any atom is -0.353 e. The van der Waals surface area contributed by atoms with Crippen LogP contribution in [0.4, 0.5) is 0 Å². The fourth-order valence-electron chi connectivity index (χ4n) is 3.37. The monoisotopic (exact) mass is 288 g/mol. The molecule has 0 aliphatic carbocycles. The van der Waals surface area contributed by atoms with Crippen LogP contribution in [0, 0.1) is 5.41 Å². The summed E-state index contributed by atoms with van der Waals surface area (Å²) >= 11 is 0. The zero-order valence-electron chi connectivity index (χ0n) is 13.3. The van der Waals surface area contributed by atoms with Crippen molar-refractivity contribution in [2.45, 2.75) is 52.0 Å². The predicted octanol–water partition coefficient (Wildman–Crippen LogP) is 2.90. The molecule has 0 aromatic heterocycles. The van der Waals surface area contributed by atoms with Crippen LogP contribution >= 0.6 is 0 Å². The topological polar surface area (TPSA) is 41.1 Å². The Labute approximate surface area is 128 Å². The van der Waals surface area contributed by atoms with Crippen LogP contribution in [0.3, 0.4) is 0 Å². The molecule has 0 saturated carbocycles. The molecule has 0 radical (unpaired) electrons. The van der Waals surface area contributed by atoms with E-state index in [1.165, 1.54) is 5.56 Å². The van der Waals surface area contributed by atoms with Crippen LogP contribution in [-0.2, 0) is 11.2 Å². The summed E-state index contributed by atoms with van der Waals surface area (Å²) in [4.78, 5) is 12.8. The third kappa shape index (κ3) is 4.31. The molecule has 116 valence electrons. The number of benzene rings is 1. The first-order valence-corrected chi connectivity index (χ1v) is 8.22. The summed E-state index contributed by atoms with van der Waals surface area (Å²) in [5.74, 6) is 0.259. The Morgan fingerprint density at radius 2 is 1.95 bits per heavy atom. The molecule has 1 aromatic rings. The van der Waals surface area contributed by atoms with Crippen molar-refractivity contribution in [3.8, 4) is 0 Å². The van der Waals surface area contributed by atoms with Gasteiger partial charge in [-0.25, -0.2) is 0 Å². The lowest BCUT2D eigenvalue weighted by Crippen LogP contribution is -2.50. The highest BCUT2D eigenvalue weighted by Crippen LogP contribution is 2.34. The van der Waals surface area contributed by atoms with E-state index in [9.17, 15) is 4.79 Å². The second-order valence-electron chi connectivity index (χ2n) is 6.34. The lowest BCUT2D eigenvalue weighted by Gasteiger charge is -2.37. The molecule has 1 heterocycles. The first-order chi connectivity index (χ1) is 10.2. The van der Waals surface area contributed by atoms with Gasteiger partial charge in [-0.15, -0.1) is 0 Å². The molecule has 1 fully saturated rings. The van der Waals surface area contributed by atoms with Crippen molar-refractivity contribution < 1.29 is 4.79 Å². The van der Waals surface area contributed by atoms with E-state index in [0.29, 0.717) is 0 Å². The maximum absolute atomic E-state index is 12.8. The molecule has 1 saturated heterocycles. The summed E-state index contributed by atoms with van der Waals surface area (Å²) in [6, 6.07) is 10.6. The highest BCUT2D eigenvalue weighted by atomic mass is 16.2. The van der Waals surface area contributed by atoms with Crippen LogP contribution < -0.4 is 10.6 Å². The molecule has 1 atom stereocenters. The summed E-state index contributed by atoms with van der Waals surface area (Å²) in [7, 11) is 0. The van der Waals surface area contributed by atoms with E-state index in [1.807, 2.05) is 6.07 Å². The Morgan fingerprint density at radius 3 is 2.57 bits per heavy atom. The Kier molecular flexibility index (Phi) is 5.80. The lowest BCUT2D eigenvalue weighted by molar-refractivity contribution is -0.133. The highest BCUT2D eigenvalue weighted by molar-refractivity contribution is 5.83. The van der Waals surface area contributed by atoms with E-state index in [0.717, 1.165) is 45.2 Å². The average Bonchev–Trinajstić information content (AvgIpc) is 2.49. The van der Waals surface area contributed by atoms with Crippen LogP contribution in [0.2, 0.25) is 0 Å². The van der Waals surface area contributed by atoms with Crippen LogP contribution in [0.1, 0.15) is 45.1 Å². The number of rotatable bonds is 6. The van der Waals surface area contributed by atoms with Gasteiger partial charge in [0.2, 0.25) is 5.91 Å². The molecular weight excluding hydrogens is 260 g/mol. The number of piperidine rings is 1. The SMILES string of the molecule is CCCC1(C(=O)NC(C)Cc2ccccc2)CCNCC1. The van der Waals surface area contributed by atoms with E-state index >= 15 is 0 Å². The van der Waals surface area contributed by atoms with Gasteiger partial charge in [-0.1, -0.05) is 43.7 Å². The van der Waals surface area contributed by atoms with Crippen LogP contribution in [0.15, 0.2) is 30.3 Å². The first kappa shape index (κ1) is 16.0. The van der Waals surface area contributed by atoms with Crippen LogP contribution in [0.5, 0.6) is 0 Å². The molecule has 1 aromatic carbocycles. The quantitative estimate of drug-likeness (QED) is 0.845. The molecule has 1 unspecified atom stereocenters. The van der Waals surface area contributed by atoms with Gasteiger partial charge in [0.15, 0.2) is 0 Å². The Morgan fingerprint density at radius 1 is 1.29 bits per heavy atom. The maximum Gasteiger partial charge on any atom is 0.226 e. The van der Waals surface area contributed by atoms with Crippen LogP contribution in [0.25, 0.3) is 0 Å². The smallest absolute Gasteiger partial charge is 0.226 e. The summed E-state index contributed by atoms with van der Waals surface area (Å²) < 4.78 is 0. The minimum absolute atomic E-state index is 0.148. The van der Waals surface area contributed by atoms with E-state index in [4.69, 9.17) is 0 Å². The normalized spacial score (nSPS) is 19.0. The van der Waals surface area contributed by atoms with Gasteiger partial charge >= 0.3 is 0 Å². The zero-order chi connectivity index (χ0) is 15.1. The van der Waals surface area contributed by atoms with Crippen molar-refractivity contribution in [1.29, 1.82) is 0 Å². The largest absolute Gasteiger partial charge is 0.353 e. The number of nitrogens with one attached hydrogen (secondary N) is 2. The van der Waals surface area contributed by atoms with Gasteiger partial charge in [0.1, 0.15) is 0 Å². The highest BCUT2D eigenvalue weighted by Gasteiger charge is 2.38. The maximum atomic E-state index is 12.8. The molecular formula is C18H28N2O. The Bertz CT molecular complexity index is 432. The molecule has 21 heavy (non-hydrogen) atoms. The number of hydrogen-bond acceptors (Lipinski definition) is 2. The second-order valence-corrected chi connectivity index (χ2v) is 6.34. The molecule has 2 N–H and O–H groups in total. The van der Waals surface area contributed by atoms with Gasteiger partial charge in [-0.2, -0.15) is 0 Å². The lowest BCUT2D eigenvalue weighted by atomic mass is 9.74. The molecule has 1 aliphatic heterocycles. The van der Waals surface area contributed by atoms with E-state index in [-0.39, 0.29) is 17.4 Å². The molecule has 0 spiro atoms. The van der Waals surface area contributed by atoms with Gasteiger partial charge in [-0.05, 0) is 51.3 Å². The average molecular weight is 288 g/mol.